The van der Waals surface area contributed by atoms with Gasteiger partial charge < -0.3 is 4.74 Å². The van der Waals surface area contributed by atoms with Crippen molar-refractivity contribution in [3.63, 3.8) is 0 Å². The van der Waals surface area contributed by atoms with Crippen molar-refractivity contribution < 1.29 is 4.74 Å². The van der Waals surface area contributed by atoms with Gasteiger partial charge in [0.1, 0.15) is 5.60 Å². The lowest BCUT2D eigenvalue weighted by Gasteiger charge is -2.30. The fourth-order valence-corrected chi connectivity index (χ4v) is 1.75. The van der Waals surface area contributed by atoms with Crippen molar-refractivity contribution in [2.45, 2.75) is 19.4 Å². The van der Waals surface area contributed by atoms with Crippen LogP contribution in [0.15, 0.2) is 54.6 Å². The Hall–Kier alpha value is -1.34. The van der Waals surface area contributed by atoms with Gasteiger partial charge in [-0.3, -0.25) is 0 Å². The van der Waals surface area contributed by atoms with Crippen LogP contribution in [0.25, 0.3) is 0 Å². The highest BCUT2D eigenvalue weighted by Gasteiger charge is 2.28. The van der Waals surface area contributed by atoms with E-state index < -0.39 is 5.60 Å². The molecule has 1 aromatic rings. The molecule has 1 nitrogen and oxygen atoms in total. The van der Waals surface area contributed by atoms with E-state index in [2.05, 4.69) is 25.6 Å². The molecule has 0 aliphatic carbocycles. The van der Waals surface area contributed by atoms with E-state index in [0.29, 0.717) is 0 Å². The standard InChI is InChI=1S/C14H18O/c1-5-12(6-2)14(3,15-4)13-10-8-7-9-11-13/h5-11H,1H2,2-4H3/b12-6-. The summed E-state index contributed by atoms with van der Waals surface area (Å²) in [6.07, 6.45) is 3.88. The van der Waals surface area contributed by atoms with Crippen LogP contribution < -0.4 is 0 Å². The third-order valence-corrected chi connectivity index (χ3v) is 2.81. The molecule has 0 heterocycles. The Bertz CT molecular complexity index is 351. The second kappa shape index (κ2) is 4.94. The summed E-state index contributed by atoms with van der Waals surface area (Å²) >= 11 is 0. The van der Waals surface area contributed by atoms with Crippen molar-refractivity contribution in [3.8, 4) is 0 Å². The first-order chi connectivity index (χ1) is 7.19. The average molecular weight is 202 g/mol. The van der Waals surface area contributed by atoms with Crippen molar-refractivity contribution >= 4 is 0 Å². The summed E-state index contributed by atoms with van der Waals surface area (Å²) in [5.74, 6) is 0. The lowest BCUT2D eigenvalue weighted by atomic mass is 9.87. The molecular formula is C14H18O. The van der Waals surface area contributed by atoms with Gasteiger partial charge in [-0.15, -0.1) is 0 Å². The number of ether oxygens (including phenoxy) is 1. The van der Waals surface area contributed by atoms with Crippen LogP contribution in [0.3, 0.4) is 0 Å². The maximum Gasteiger partial charge on any atom is 0.115 e. The van der Waals surface area contributed by atoms with Crippen molar-refractivity contribution in [1.82, 2.24) is 0 Å². The monoisotopic (exact) mass is 202 g/mol. The molecule has 0 fully saturated rings. The third kappa shape index (κ3) is 2.18. The highest BCUT2D eigenvalue weighted by Crippen LogP contribution is 2.32. The Labute approximate surface area is 92.1 Å². The van der Waals surface area contributed by atoms with E-state index in [1.54, 1.807) is 7.11 Å². The lowest BCUT2D eigenvalue weighted by molar-refractivity contribution is 0.0383. The second-order valence-corrected chi connectivity index (χ2v) is 3.55. The van der Waals surface area contributed by atoms with Gasteiger partial charge in [0.05, 0.1) is 0 Å². The Kier molecular flexibility index (Phi) is 3.87. The predicted molar refractivity (Wildman–Crippen MR) is 64.8 cm³/mol. The van der Waals surface area contributed by atoms with Gasteiger partial charge in [0.15, 0.2) is 0 Å². The average Bonchev–Trinajstić information content (AvgIpc) is 2.31. The van der Waals surface area contributed by atoms with E-state index in [4.69, 9.17) is 4.74 Å². The van der Waals surface area contributed by atoms with Crippen molar-refractivity contribution in [2.75, 3.05) is 7.11 Å². The van der Waals surface area contributed by atoms with Crippen LogP contribution in [0.2, 0.25) is 0 Å². The van der Waals surface area contributed by atoms with Crippen LogP contribution in [-0.2, 0) is 10.3 Å². The molecular weight excluding hydrogens is 184 g/mol. The third-order valence-electron chi connectivity index (χ3n) is 2.81. The normalized spacial score (nSPS) is 15.8. The fourth-order valence-electron chi connectivity index (χ4n) is 1.75. The summed E-state index contributed by atoms with van der Waals surface area (Å²) in [4.78, 5) is 0. The maximum absolute atomic E-state index is 5.63. The molecule has 0 saturated heterocycles. The van der Waals surface area contributed by atoms with E-state index in [9.17, 15) is 0 Å². The second-order valence-electron chi connectivity index (χ2n) is 3.55. The molecule has 1 aromatic carbocycles. The quantitative estimate of drug-likeness (QED) is 0.677. The largest absolute Gasteiger partial charge is 0.369 e. The van der Waals surface area contributed by atoms with Gasteiger partial charge in [0.2, 0.25) is 0 Å². The summed E-state index contributed by atoms with van der Waals surface area (Å²) in [7, 11) is 1.72. The Morgan fingerprint density at radius 1 is 1.33 bits per heavy atom. The van der Waals surface area contributed by atoms with Crippen molar-refractivity contribution in [1.29, 1.82) is 0 Å². The molecule has 0 radical (unpaired) electrons. The molecule has 1 atom stereocenters. The predicted octanol–water partition coefficient (Wildman–Crippen LogP) is 3.68. The zero-order chi connectivity index (χ0) is 11.3. The number of methoxy groups -OCH3 is 1. The molecule has 1 rings (SSSR count). The molecule has 1 heteroatoms. The van der Waals surface area contributed by atoms with E-state index in [1.165, 1.54) is 0 Å². The minimum absolute atomic E-state index is 0.405. The van der Waals surface area contributed by atoms with Gasteiger partial charge in [0.25, 0.3) is 0 Å². The van der Waals surface area contributed by atoms with Crippen LogP contribution in [0.5, 0.6) is 0 Å². The van der Waals surface area contributed by atoms with Gasteiger partial charge in [-0.1, -0.05) is 49.1 Å². The minimum Gasteiger partial charge on any atom is -0.369 e. The topological polar surface area (TPSA) is 9.23 Å². The molecule has 0 bridgehead atoms. The van der Waals surface area contributed by atoms with Crippen LogP contribution in [0.1, 0.15) is 19.4 Å². The summed E-state index contributed by atoms with van der Waals surface area (Å²) in [6, 6.07) is 10.2. The van der Waals surface area contributed by atoms with E-state index in [1.807, 2.05) is 37.3 Å². The van der Waals surface area contributed by atoms with Crippen LogP contribution in [0, 0.1) is 0 Å². The molecule has 0 aliphatic heterocycles. The molecule has 0 aromatic heterocycles. The summed E-state index contributed by atoms with van der Waals surface area (Å²) < 4.78 is 5.63. The first kappa shape index (κ1) is 11.7. The van der Waals surface area contributed by atoms with E-state index in [-0.39, 0.29) is 0 Å². The van der Waals surface area contributed by atoms with Gasteiger partial charge in [-0.2, -0.15) is 0 Å². The van der Waals surface area contributed by atoms with Crippen molar-refractivity contribution in [2.24, 2.45) is 0 Å². The number of hydrogen-bond donors (Lipinski definition) is 0. The highest BCUT2D eigenvalue weighted by atomic mass is 16.5. The number of benzene rings is 1. The summed E-state index contributed by atoms with van der Waals surface area (Å²) in [5.41, 5.74) is 1.81. The fraction of sp³-hybridized carbons (Fsp3) is 0.286. The van der Waals surface area contributed by atoms with Crippen LogP contribution in [-0.4, -0.2) is 7.11 Å². The van der Waals surface area contributed by atoms with Crippen molar-refractivity contribution in [3.05, 3.63) is 60.2 Å². The minimum atomic E-state index is -0.405. The molecule has 0 amide bonds. The molecule has 0 saturated carbocycles. The van der Waals surface area contributed by atoms with E-state index in [0.717, 1.165) is 11.1 Å². The number of rotatable bonds is 4. The molecule has 1 unspecified atom stereocenters. The van der Waals surface area contributed by atoms with Gasteiger partial charge in [-0.05, 0) is 25.0 Å². The lowest BCUT2D eigenvalue weighted by Crippen LogP contribution is -2.26. The molecule has 0 aliphatic rings. The molecule has 0 N–H and O–H groups in total. The zero-order valence-electron chi connectivity index (χ0n) is 9.66. The number of allylic oxidation sites excluding steroid dienone is 1. The van der Waals surface area contributed by atoms with Gasteiger partial charge in [0, 0.05) is 7.11 Å². The van der Waals surface area contributed by atoms with Crippen LogP contribution in [0.4, 0.5) is 0 Å². The summed E-state index contributed by atoms with van der Waals surface area (Å²) in [6.45, 7) is 7.88. The first-order valence-electron chi connectivity index (χ1n) is 5.09. The van der Waals surface area contributed by atoms with Crippen LogP contribution >= 0.6 is 0 Å². The molecule has 15 heavy (non-hydrogen) atoms. The molecule has 80 valence electrons. The highest BCUT2D eigenvalue weighted by molar-refractivity contribution is 5.37. The van der Waals surface area contributed by atoms with E-state index >= 15 is 0 Å². The summed E-state index contributed by atoms with van der Waals surface area (Å²) in [5, 5.41) is 0. The Morgan fingerprint density at radius 3 is 2.33 bits per heavy atom. The zero-order valence-corrected chi connectivity index (χ0v) is 9.66. The Balaban J connectivity index is 3.22. The Morgan fingerprint density at radius 2 is 1.93 bits per heavy atom. The van der Waals surface area contributed by atoms with Gasteiger partial charge in [-0.25, -0.2) is 0 Å². The maximum atomic E-state index is 5.63. The van der Waals surface area contributed by atoms with Gasteiger partial charge >= 0.3 is 0 Å². The molecule has 0 spiro atoms. The number of hydrogen-bond acceptors (Lipinski definition) is 1. The first-order valence-corrected chi connectivity index (χ1v) is 5.09. The SMILES string of the molecule is C=C/C(=C/C)C(C)(OC)c1ccccc1. The smallest absolute Gasteiger partial charge is 0.115 e.